The zero-order valence-electron chi connectivity index (χ0n) is 18.2. The molecule has 32 heavy (non-hydrogen) atoms. The van der Waals surface area contributed by atoms with Gasteiger partial charge in [-0.25, -0.2) is 0 Å². The Kier molecular flexibility index (Phi) is 6.31. The van der Waals surface area contributed by atoms with Gasteiger partial charge in [0.1, 0.15) is 0 Å². The first-order valence-corrected chi connectivity index (χ1v) is 10.5. The number of nitrogens with two attached hydrogens (primary N) is 1. The summed E-state index contributed by atoms with van der Waals surface area (Å²) in [6, 6.07) is 11.4. The van der Waals surface area contributed by atoms with Crippen LogP contribution < -0.4 is 20.1 Å². The molecule has 9 heteroatoms. The molecule has 0 saturated carbocycles. The van der Waals surface area contributed by atoms with Crippen LogP contribution in [0.2, 0.25) is 0 Å². The van der Waals surface area contributed by atoms with Crippen LogP contribution in [-0.4, -0.2) is 65.9 Å². The van der Waals surface area contributed by atoms with Crippen molar-refractivity contribution in [3.8, 4) is 34.3 Å². The molecule has 1 aromatic heterocycles. The molecule has 2 aromatic carbocycles. The minimum atomic E-state index is -1.07. The zero-order valence-corrected chi connectivity index (χ0v) is 18.2. The summed E-state index contributed by atoms with van der Waals surface area (Å²) in [5, 5.41) is 23.3. The van der Waals surface area contributed by atoms with Crippen LogP contribution in [0.1, 0.15) is 12.5 Å². The van der Waals surface area contributed by atoms with Crippen molar-refractivity contribution in [2.24, 2.45) is 5.73 Å². The Balaban J connectivity index is 1.62. The van der Waals surface area contributed by atoms with Crippen LogP contribution in [-0.2, 0) is 6.42 Å². The third-order valence-electron chi connectivity index (χ3n) is 5.64. The Hall–Kier alpha value is -3.14. The molecule has 0 fully saturated rings. The maximum atomic E-state index is 9.56. The first kappa shape index (κ1) is 22.1. The fourth-order valence-corrected chi connectivity index (χ4v) is 3.93. The molecule has 0 saturated heterocycles. The highest BCUT2D eigenvalue weighted by molar-refractivity contribution is 5.74. The number of nitrogens with zero attached hydrogens (tertiary/aromatic N) is 3. The van der Waals surface area contributed by atoms with Crippen molar-refractivity contribution >= 4 is 5.69 Å². The van der Waals surface area contributed by atoms with Crippen molar-refractivity contribution in [1.82, 2.24) is 10.1 Å². The van der Waals surface area contributed by atoms with Gasteiger partial charge in [0, 0.05) is 29.9 Å². The molecule has 0 amide bonds. The number of aliphatic hydroxyl groups is 2. The van der Waals surface area contributed by atoms with Crippen molar-refractivity contribution in [3.63, 3.8) is 0 Å². The van der Waals surface area contributed by atoms with Crippen molar-refractivity contribution in [2.75, 3.05) is 44.9 Å². The predicted octanol–water partition coefficient (Wildman–Crippen LogP) is 1.86. The van der Waals surface area contributed by atoms with Gasteiger partial charge in [0.25, 0.3) is 5.89 Å². The van der Waals surface area contributed by atoms with Gasteiger partial charge in [0.15, 0.2) is 11.5 Å². The van der Waals surface area contributed by atoms with Gasteiger partial charge in [-0.3, -0.25) is 0 Å². The van der Waals surface area contributed by atoms with E-state index in [1.54, 1.807) is 7.11 Å². The van der Waals surface area contributed by atoms with Crippen LogP contribution in [0, 0.1) is 0 Å². The maximum Gasteiger partial charge on any atom is 0.258 e. The summed E-state index contributed by atoms with van der Waals surface area (Å²) in [5.41, 5.74) is 8.73. The molecule has 4 N–H and O–H groups in total. The summed E-state index contributed by atoms with van der Waals surface area (Å²) in [5.74, 6) is 2.13. The van der Waals surface area contributed by atoms with Gasteiger partial charge in [0.2, 0.25) is 5.82 Å². The van der Waals surface area contributed by atoms with Crippen molar-refractivity contribution in [1.29, 1.82) is 0 Å². The average Bonchev–Trinajstić information content (AvgIpc) is 3.47. The highest BCUT2D eigenvalue weighted by Gasteiger charge is 2.31. The van der Waals surface area contributed by atoms with E-state index in [4.69, 9.17) is 19.7 Å². The summed E-state index contributed by atoms with van der Waals surface area (Å²) in [7, 11) is 1.59. The molecule has 3 aromatic rings. The third-order valence-corrected chi connectivity index (χ3v) is 5.64. The molecule has 0 aliphatic carbocycles. The molecule has 0 radical (unpaired) electrons. The van der Waals surface area contributed by atoms with Gasteiger partial charge < -0.3 is 34.8 Å². The molecule has 0 bridgehead atoms. The standard InChI is InChI=1S/C23H28N4O5/c1-3-31-19-8-7-15(11-20(19)30-2)22-25-21(26-32-22)17-5-4-6-18-16(17)9-10-27(18)12-23(24,13-28)14-29/h4-8,11,28-29H,3,9-10,12-14,24H2,1-2H3. The van der Waals surface area contributed by atoms with E-state index in [-0.39, 0.29) is 13.2 Å². The molecule has 4 rings (SSSR count). The van der Waals surface area contributed by atoms with Gasteiger partial charge in [0.05, 0.1) is 32.5 Å². The number of aliphatic hydroxyl groups excluding tert-OH is 2. The fourth-order valence-electron chi connectivity index (χ4n) is 3.93. The Morgan fingerprint density at radius 3 is 2.72 bits per heavy atom. The number of anilines is 1. The highest BCUT2D eigenvalue weighted by atomic mass is 16.5. The molecule has 0 atom stereocenters. The van der Waals surface area contributed by atoms with E-state index in [1.165, 1.54) is 0 Å². The number of fused-ring (bicyclic) bond motifs is 1. The number of ether oxygens (including phenoxy) is 2. The number of benzene rings is 2. The number of methoxy groups -OCH3 is 1. The Bertz CT molecular complexity index is 1080. The lowest BCUT2D eigenvalue weighted by Gasteiger charge is -2.31. The molecular formula is C23H28N4O5. The monoisotopic (exact) mass is 440 g/mol. The van der Waals surface area contributed by atoms with E-state index in [2.05, 4.69) is 15.0 Å². The lowest BCUT2D eigenvalue weighted by atomic mass is 10.0. The minimum Gasteiger partial charge on any atom is -0.493 e. The van der Waals surface area contributed by atoms with Crippen LogP contribution in [0.15, 0.2) is 40.9 Å². The fraction of sp³-hybridized carbons (Fsp3) is 0.391. The number of rotatable bonds is 9. The number of hydrogen-bond acceptors (Lipinski definition) is 9. The second-order valence-electron chi connectivity index (χ2n) is 7.88. The van der Waals surface area contributed by atoms with E-state index in [9.17, 15) is 10.2 Å². The first-order chi connectivity index (χ1) is 15.5. The first-order valence-electron chi connectivity index (χ1n) is 10.5. The highest BCUT2D eigenvalue weighted by Crippen LogP contribution is 2.37. The predicted molar refractivity (Wildman–Crippen MR) is 120 cm³/mol. The van der Waals surface area contributed by atoms with Gasteiger partial charge in [-0.1, -0.05) is 17.3 Å². The number of aromatic nitrogens is 2. The molecule has 0 spiro atoms. The van der Waals surface area contributed by atoms with E-state index in [0.717, 1.165) is 35.3 Å². The van der Waals surface area contributed by atoms with Gasteiger partial charge in [-0.2, -0.15) is 4.98 Å². The maximum absolute atomic E-state index is 9.56. The summed E-state index contributed by atoms with van der Waals surface area (Å²) >= 11 is 0. The summed E-state index contributed by atoms with van der Waals surface area (Å²) in [6.07, 6.45) is 0.777. The normalized spacial score (nSPS) is 13.3. The van der Waals surface area contributed by atoms with Crippen LogP contribution >= 0.6 is 0 Å². The second kappa shape index (κ2) is 9.15. The summed E-state index contributed by atoms with van der Waals surface area (Å²) < 4.78 is 16.5. The molecule has 1 aliphatic rings. The largest absolute Gasteiger partial charge is 0.493 e. The SMILES string of the molecule is CCOc1ccc(-c2nc(-c3cccc4c3CCN4CC(N)(CO)CO)no2)cc1OC. The Morgan fingerprint density at radius 1 is 1.19 bits per heavy atom. The molecule has 1 aliphatic heterocycles. The lowest BCUT2D eigenvalue weighted by Crippen LogP contribution is -2.55. The van der Waals surface area contributed by atoms with Gasteiger partial charge in [-0.15, -0.1) is 0 Å². The molecule has 9 nitrogen and oxygen atoms in total. The molecule has 0 unspecified atom stereocenters. The van der Waals surface area contributed by atoms with Crippen LogP contribution in [0.3, 0.4) is 0 Å². The number of hydrogen-bond donors (Lipinski definition) is 3. The lowest BCUT2D eigenvalue weighted by molar-refractivity contribution is 0.125. The van der Waals surface area contributed by atoms with Crippen LogP contribution in [0.5, 0.6) is 11.5 Å². The summed E-state index contributed by atoms with van der Waals surface area (Å²) in [4.78, 5) is 6.69. The summed E-state index contributed by atoms with van der Waals surface area (Å²) in [6.45, 7) is 2.94. The van der Waals surface area contributed by atoms with Crippen molar-refractivity contribution < 1.29 is 24.2 Å². The molecule has 170 valence electrons. The molecular weight excluding hydrogens is 412 g/mol. The van der Waals surface area contributed by atoms with Crippen molar-refractivity contribution in [2.45, 2.75) is 18.9 Å². The molecule has 2 heterocycles. The van der Waals surface area contributed by atoms with Crippen LogP contribution in [0.4, 0.5) is 5.69 Å². The average molecular weight is 441 g/mol. The quantitative estimate of drug-likeness (QED) is 0.457. The topological polar surface area (TPSA) is 127 Å². The Labute approximate surface area is 186 Å². The Morgan fingerprint density at radius 2 is 2.00 bits per heavy atom. The van der Waals surface area contributed by atoms with E-state index in [1.807, 2.05) is 43.3 Å². The smallest absolute Gasteiger partial charge is 0.258 e. The van der Waals surface area contributed by atoms with Gasteiger partial charge in [-0.05, 0) is 43.2 Å². The minimum absolute atomic E-state index is 0.297. The third kappa shape index (κ3) is 4.14. The van der Waals surface area contributed by atoms with E-state index < -0.39 is 5.54 Å². The zero-order chi connectivity index (χ0) is 22.7. The van der Waals surface area contributed by atoms with E-state index in [0.29, 0.717) is 36.4 Å². The van der Waals surface area contributed by atoms with Crippen LogP contribution in [0.25, 0.3) is 22.8 Å². The second-order valence-corrected chi connectivity index (χ2v) is 7.88. The van der Waals surface area contributed by atoms with Crippen molar-refractivity contribution in [3.05, 3.63) is 42.0 Å². The van der Waals surface area contributed by atoms with Gasteiger partial charge >= 0.3 is 0 Å². The van der Waals surface area contributed by atoms with E-state index >= 15 is 0 Å².